The van der Waals surface area contributed by atoms with Crippen molar-refractivity contribution < 1.29 is 4.79 Å². The lowest BCUT2D eigenvalue weighted by Crippen LogP contribution is -2.33. The Morgan fingerprint density at radius 1 is 1.35 bits per heavy atom. The highest BCUT2D eigenvalue weighted by Gasteiger charge is 2.33. The topological polar surface area (TPSA) is 84.7 Å². The van der Waals surface area contributed by atoms with Crippen molar-refractivity contribution in [3.05, 3.63) is 47.2 Å². The summed E-state index contributed by atoms with van der Waals surface area (Å²) in [6, 6.07) is 9.37. The second kappa shape index (κ2) is 4.76. The monoisotopic (exact) mass is 270 g/mol. The normalized spacial score (nSPS) is 17.4. The Hall–Kier alpha value is -2.70. The molecule has 1 aromatic heterocycles. The smallest absolute Gasteiger partial charge is 0.251 e. The molecule has 0 fully saturated rings. The number of rotatable bonds is 2. The summed E-state index contributed by atoms with van der Waals surface area (Å²) in [4.78, 5) is 12.2. The second-order valence-corrected chi connectivity index (χ2v) is 4.50. The molecule has 0 aliphatic carbocycles. The Morgan fingerprint density at radius 3 is 2.80 bits per heavy atom. The van der Waals surface area contributed by atoms with Crippen LogP contribution in [-0.4, -0.2) is 33.2 Å². The number of carbonyl (C=O) groups excluding carboxylic acids is 1. The van der Waals surface area contributed by atoms with Gasteiger partial charge in [-0.25, -0.2) is 0 Å². The fraction of sp³-hybridized carbons (Fsp3) is 0.231. The molecule has 2 N–H and O–H groups in total. The Kier molecular flexibility index (Phi) is 2.94. The highest BCUT2D eigenvalue weighted by molar-refractivity contribution is 5.96. The first kappa shape index (κ1) is 12.3. The zero-order valence-corrected chi connectivity index (χ0v) is 11.2. The third kappa shape index (κ3) is 1.83. The summed E-state index contributed by atoms with van der Waals surface area (Å²) in [7, 11) is 1.61. The molecule has 3 rings (SSSR count). The number of nitrogens with one attached hydrogen (secondary N) is 2. The van der Waals surface area contributed by atoms with E-state index < -0.39 is 0 Å². The molecule has 1 aliphatic rings. The first-order valence-electron chi connectivity index (χ1n) is 6.25. The van der Waals surface area contributed by atoms with Gasteiger partial charge in [-0.05, 0) is 22.9 Å². The molecule has 0 spiro atoms. The summed E-state index contributed by atoms with van der Waals surface area (Å²) in [5.41, 5.74) is 2.32. The summed E-state index contributed by atoms with van der Waals surface area (Å²) in [5.74, 6) is 0.383. The Balaban J connectivity index is 2.19. The van der Waals surface area contributed by atoms with Gasteiger partial charge >= 0.3 is 0 Å². The van der Waals surface area contributed by atoms with E-state index in [1.54, 1.807) is 11.7 Å². The van der Waals surface area contributed by atoms with Gasteiger partial charge < -0.3 is 10.6 Å². The quantitative estimate of drug-likeness (QED) is 0.839. The summed E-state index contributed by atoms with van der Waals surface area (Å²) in [6.07, 6.45) is 0. The molecule has 7 nitrogen and oxygen atoms in total. The van der Waals surface area contributed by atoms with E-state index in [4.69, 9.17) is 0 Å². The molecule has 102 valence electrons. The lowest BCUT2D eigenvalue weighted by Gasteiger charge is -2.27. The predicted octanol–water partition coefficient (Wildman–Crippen LogP) is 0.708. The van der Waals surface area contributed by atoms with E-state index >= 15 is 0 Å². The zero-order valence-electron chi connectivity index (χ0n) is 11.2. The maximum atomic E-state index is 12.2. The largest absolute Gasteiger partial charge is 0.355 e. The van der Waals surface area contributed by atoms with Gasteiger partial charge in [0.1, 0.15) is 6.04 Å². The SMILES string of the molecule is CNC(=O)C1=C(C)Nc2nnnn2C1c1ccccc1. The van der Waals surface area contributed by atoms with Gasteiger partial charge in [0.05, 0.1) is 5.57 Å². The lowest BCUT2D eigenvalue weighted by atomic mass is 9.95. The average Bonchev–Trinajstić information content (AvgIpc) is 2.93. The molecule has 1 aromatic carbocycles. The zero-order chi connectivity index (χ0) is 14.1. The molecule has 0 bridgehead atoms. The van der Waals surface area contributed by atoms with Crippen LogP contribution in [0.25, 0.3) is 0 Å². The number of tetrazole rings is 1. The van der Waals surface area contributed by atoms with Gasteiger partial charge in [0.25, 0.3) is 5.91 Å². The van der Waals surface area contributed by atoms with Crippen LogP contribution in [0.1, 0.15) is 18.5 Å². The van der Waals surface area contributed by atoms with Gasteiger partial charge in [-0.2, -0.15) is 4.68 Å². The first-order valence-corrected chi connectivity index (χ1v) is 6.25. The van der Waals surface area contributed by atoms with Crippen LogP contribution >= 0.6 is 0 Å². The fourth-order valence-corrected chi connectivity index (χ4v) is 2.38. The van der Waals surface area contributed by atoms with Crippen molar-refractivity contribution in [2.45, 2.75) is 13.0 Å². The Morgan fingerprint density at radius 2 is 2.10 bits per heavy atom. The number of hydrogen-bond acceptors (Lipinski definition) is 5. The summed E-state index contributed by atoms with van der Waals surface area (Å²) in [6.45, 7) is 1.85. The number of likely N-dealkylation sites (N-methyl/N-ethyl adjacent to an activating group) is 1. The van der Waals surface area contributed by atoms with Crippen molar-refractivity contribution in [3.8, 4) is 0 Å². The minimum Gasteiger partial charge on any atom is -0.355 e. The van der Waals surface area contributed by atoms with Crippen LogP contribution in [0.2, 0.25) is 0 Å². The van der Waals surface area contributed by atoms with Crippen LogP contribution in [0.3, 0.4) is 0 Å². The standard InChI is InChI=1S/C13H14N6O/c1-8-10(12(20)14-2)11(9-6-4-3-5-7-9)19-13(15-8)16-17-18-19/h3-7,11H,1-2H3,(H,14,20)(H,15,16,18). The molecular formula is C13H14N6O. The van der Waals surface area contributed by atoms with E-state index in [1.165, 1.54) is 0 Å². The van der Waals surface area contributed by atoms with Crippen molar-refractivity contribution in [2.24, 2.45) is 0 Å². The lowest BCUT2D eigenvalue weighted by molar-refractivity contribution is -0.117. The van der Waals surface area contributed by atoms with Gasteiger partial charge in [0.2, 0.25) is 5.95 Å². The maximum Gasteiger partial charge on any atom is 0.251 e. The third-order valence-corrected chi connectivity index (χ3v) is 3.30. The number of amides is 1. The number of nitrogens with zero attached hydrogens (tertiary/aromatic N) is 4. The third-order valence-electron chi connectivity index (χ3n) is 3.30. The van der Waals surface area contributed by atoms with E-state index in [1.807, 2.05) is 37.3 Å². The van der Waals surface area contributed by atoms with Gasteiger partial charge in [-0.3, -0.25) is 4.79 Å². The van der Waals surface area contributed by atoms with E-state index in [0.717, 1.165) is 11.3 Å². The van der Waals surface area contributed by atoms with Crippen molar-refractivity contribution in [3.63, 3.8) is 0 Å². The molecule has 1 atom stereocenters. The van der Waals surface area contributed by atoms with Crippen LogP contribution in [0.5, 0.6) is 0 Å². The highest BCUT2D eigenvalue weighted by atomic mass is 16.1. The van der Waals surface area contributed by atoms with E-state index in [2.05, 4.69) is 26.2 Å². The van der Waals surface area contributed by atoms with Crippen LogP contribution in [-0.2, 0) is 4.79 Å². The number of carbonyl (C=O) groups is 1. The molecule has 1 aliphatic heterocycles. The van der Waals surface area contributed by atoms with E-state index in [0.29, 0.717) is 11.5 Å². The van der Waals surface area contributed by atoms with Crippen LogP contribution in [0.15, 0.2) is 41.6 Å². The molecular weight excluding hydrogens is 256 g/mol. The Labute approximate surface area is 115 Å². The molecule has 2 aromatic rings. The van der Waals surface area contributed by atoms with E-state index in [-0.39, 0.29) is 11.9 Å². The molecule has 20 heavy (non-hydrogen) atoms. The van der Waals surface area contributed by atoms with Gasteiger partial charge in [-0.15, -0.1) is 0 Å². The van der Waals surface area contributed by atoms with Crippen molar-refractivity contribution in [1.82, 2.24) is 25.5 Å². The molecule has 7 heteroatoms. The minimum absolute atomic E-state index is 0.148. The van der Waals surface area contributed by atoms with Gasteiger partial charge in [0.15, 0.2) is 0 Å². The number of anilines is 1. The second-order valence-electron chi connectivity index (χ2n) is 4.50. The van der Waals surface area contributed by atoms with E-state index in [9.17, 15) is 4.79 Å². The molecule has 1 unspecified atom stereocenters. The summed E-state index contributed by atoms with van der Waals surface area (Å²) < 4.78 is 1.62. The fourth-order valence-electron chi connectivity index (χ4n) is 2.38. The number of allylic oxidation sites excluding steroid dienone is 1. The predicted molar refractivity (Wildman–Crippen MR) is 72.8 cm³/mol. The van der Waals surface area contributed by atoms with Crippen molar-refractivity contribution >= 4 is 11.9 Å². The average molecular weight is 270 g/mol. The van der Waals surface area contributed by atoms with Gasteiger partial charge in [0, 0.05) is 12.7 Å². The van der Waals surface area contributed by atoms with Crippen LogP contribution < -0.4 is 10.6 Å². The van der Waals surface area contributed by atoms with Gasteiger partial charge in [-0.1, -0.05) is 35.4 Å². The number of benzene rings is 1. The minimum atomic E-state index is -0.331. The molecule has 1 amide bonds. The first-order chi connectivity index (χ1) is 9.72. The molecule has 2 heterocycles. The Bertz CT molecular complexity index is 675. The van der Waals surface area contributed by atoms with Crippen molar-refractivity contribution in [1.29, 1.82) is 0 Å². The molecule has 0 saturated heterocycles. The van der Waals surface area contributed by atoms with Crippen LogP contribution in [0.4, 0.5) is 5.95 Å². The van der Waals surface area contributed by atoms with Crippen LogP contribution in [0, 0.1) is 0 Å². The number of aromatic nitrogens is 4. The van der Waals surface area contributed by atoms with Crippen molar-refractivity contribution in [2.75, 3.05) is 12.4 Å². The molecule has 0 radical (unpaired) electrons. The number of hydrogen-bond donors (Lipinski definition) is 2. The summed E-state index contributed by atoms with van der Waals surface area (Å²) in [5, 5.41) is 17.3. The molecule has 0 saturated carbocycles. The highest BCUT2D eigenvalue weighted by Crippen LogP contribution is 2.33. The summed E-state index contributed by atoms with van der Waals surface area (Å²) >= 11 is 0. The number of fused-ring (bicyclic) bond motifs is 1. The maximum absolute atomic E-state index is 12.2.